The Bertz CT molecular complexity index is 883. The summed E-state index contributed by atoms with van der Waals surface area (Å²) in [6, 6.07) is 9.37. The van der Waals surface area contributed by atoms with Crippen molar-refractivity contribution in [1.82, 2.24) is 20.3 Å². The van der Waals surface area contributed by atoms with Crippen molar-refractivity contribution in [3.63, 3.8) is 0 Å². The fraction of sp³-hybridized carbons (Fsp3) is 0.500. The molecule has 8 heteroatoms. The molecule has 0 bridgehead atoms. The number of para-hydroxylation sites is 1. The van der Waals surface area contributed by atoms with Gasteiger partial charge in [0.1, 0.15) is 5.75 Å². The van der Waals surface area contributed by atoms with Gasteiger partial charge in [0, 0.05) is 44.4 Å². The van der Waals surface area contributed by atoms with E-state index in [2.05, 4.69) is 10.5 Å². The summed E-state index contributed by atoms with van der Waals surface area (Å²) in [4.78, 5) is 28.5. The number of amides is 3. The highest BCUT2D eigenvalue weighted by molar-refractivity contribution is 5.91. The maximum atomic E-state index is 12.6. The van der Waals surface area contributed by atoms with Crippen molar-refractivity contribution in [2.45, 2.75) is 45.3 Å². The predicted octanol–water partition coefficient (Wildman–Crippen LogP) is 2.97. The van der Waals surface area contributed by atoms with Gasteiger partial charge in [0.05, 0.1) is 11.8 Å². The maximum Gasteiger partial charge on any atom is 0.317 e. The van der Waals surface area contributed by atoms with E-state index < -0.39 is 0 Å². The van der Waals surface area contributed by atoms with E-state index in [9.17, 15) is 9.59 Å². The third kappa shape index (κ3) is 4.75. The summed E-state index contributed by atoms with van der Waals surface area (Å²) >= 11 is 0. The average molecular weight is 412 g/mol. The average Bonchev–Trinajstić information content (AvgIpc) is 3.44. The van der Waals surface area contributed by atoms with E-state index in [1.807, 2.05) is 24.3 Å². The van der Waals surface area contributed by atoms with Crippen LogP contribution < -0.4 is 10.1 Å². The lowest BCUT2D eigenvalue weighted by atomic mass is 10.2. The van der Waals surface area contributed by atoms with Crippen LogP contribution in [0, 0.1) is 6.92 Å². The summed E-state index contributed by atoms with van der Waals surface area (Å²) in [6.45, 7) is 4.08. The molecule has 2 heterocycles. The Hall–Kier alpha value is -3.03. The van der Waals surface area contributed by atoms with Crippen LogP contribution in [0.3, 0.4) is 0 Å². The van der Waals surface area contributed by atoms with Crippen LogP contribution >= 0.6 is 0 Å². The Morgan fingerprint density at radius 3 is 2.53 bits per heavy atom. The van der Waals surface area contributed by atoms with Crippen molar-refractivity contribution in [2.24, 2.45) is 0 Å². The van der Waals surface area contributed by atoms with E-state index in [-0.39, 0.29) is 23.8 Å². The minimum Gasteiger partial charge on any atom is -0.490 e. The molecule has 0 atom stereocenters. The normalized spacial score (nSPS) is 17.2. The molecule has 30 heavy (non-hydrogen) atoms. The van der Waals surface area contributed by atoms with Gasteiger partial charge in [0.25, 0.3) is 5.91 Å². The topological polar surface area (TPSA) is 87.9 Å². The molecule has 1 saturated heterocycles. The molecular formula is C22H28N4O4. The van der Waals surface area contributed by atoms with Crippen LogP contribution in [-0.2, 0) is 6.54 Å². The van der Waals surface area contributed by atoms with E-state index in [0.29, 0.717) is 38.4 Å². The minimum atomic E-state index is -0.186. The van der Waals surface area contributed by atoms with Gasteiger partial charge < -0.3 is 24.4 Å². The Morgan fingerprint density at radius 1 is 1.13 bits per heavy atom. The molecule has 2 aliphatic rings. The van der Waals surface area contributed by atoms with Gasteiger partial charge in [0.15, 0.2) is 0 Å². The molecule has 1 aliphatic carbocycles. The molecule has 2 fully saturated rings. The number of piperazine rings is 1. The number of rotatable bonds is 5. The number of nitrogens with zero attached hydrogens (tertiary/aromatic N) is 3. The second-order valence-corrected chi connectivity index (χ2v) is 7.90. The van der Waals surface area contributed by atoms with E-state index >= 15 is 0 Å². The molecule has 1 aliphatic heterocycles. The van der Waals surface area contributed by atoms with E-state index in [4.69, 9.17) is 9.26 Å². The molecular weight excluding hydrogens is 384 g/mol. The second kappa shape index (κ2) is 9.19. The van der Waals surface area contributed by atoms with Crippen LogP contribution in [0.15, 0.2) is 34.9 Å². The van der Waals surface area contributed by atoms with Crippen molar-refractivity contribution in [3.8, 4) is 5.75 Å². The summed E-state index contributed by atoms with van der Waals surface area (Å²) in [6.07, 6.45) is 4.90. The molecule has 0 spiro atoms. The first-order valence-corrected chi connectivity index (χ1v) is 10.6. The highest BCUT2D eigenvalue weighted by Gasteiger charge is 2.27. The summed E-state index contributed by atoms with van der Waals surface area (Å²) in [5, 5.41) is 6.75. The van der Waals surface area contributed by atoms with Crippen molar-refractivity contribution in [1.29, 1.82) is 0 Å². The molecule has 0 unspecified atom stereocenters. The molecule has 1 N–H and O–H groups in total. The van der Waals surface area contributed by atoms with Gasteiger partial charge in [-0.15, -0.1) is 0 Å². The Morgan fingerprint density at radius 2 is 1.83 bits per heavy atom. The molecule has 4 rings (SSSR count). The predicted molar refractivity (Wildman–Crippen MR) is 110 cm³/mol. The first-order valence-electron chi connectivity index (χ1n) is 10.6. The first-order chi connectivity index (χ1) is 14.6. The summed E-state index contributed by atoms with van der Waals surface area (Å²) in [5.74, 6) is 0.903. The molecule has 1 aromatic carbocycles. The summed E-state index contributed by atoms with van der Waals surface area (Å²) in [7, 11) is 0. The second-order valence-electron chi connectivity index (χ2n) is 7.90. The van der Waals surface area contributed by atoms with Gasteiger partial charge in [-0.1, -0.05) is 23.4 Å². The highest BCUT2D eigenvalue weighted by Crippen LogP contribution is 2.26. The lowest BCUT2D eigenvalue weighted by molar-refractivity contribution is 0.0624. The third-order valence-corrected chi connectivity index (χ3v) is 5.69. The largest absolute Gasteiger partial charge is 0.490 e. The highest BCUT2D eigenvalue weighted by atomic mass is 16.5. The number of benzene rings is 1. The SMILES string of the molecule is Cc1cc(C(=O)N2CCN(C(=O)NCc3ccccc3OC3CCCC3)CC2)on1. The first kappa shape index (κ1) is 20.3. The molecule has 160 valence electrons. The quantitative estimate of drug-likeness (QED) is 0.816. The molecule has 2 aromatic rings. The van der Waals surface area contributed by atoms with Gasteiger partial charge >= 0.3 is 6.03 Å². The van der Waals surface area contributed by atoms with Crippen molar-refractivity contribution in [3.05, 3.63) is 47.3 Å². The number of nitrogens with one attached hydrogen (secondary N) is 1. The Kier molecular flexibility index (Phi) is 6.21. The summed E-state index contributed by atoms with van der Waals surface area (Å²) in [5.41, 5.74) is 1.65. The zero-order chi connectivity index (χ0) is 20.9. The zero-order valence-corrected chi connectivity index (χ0v) is 17.3. The van der Waals surface area contributed by atoms with Crippen LogP contribution in [0.4, 0.5) is 4.79 Å². The van der Waals surface area contributed by atoms with Crippen LogP contribution in [0.2, 0.25) is 0 Å². The number of hydrogen-bond donors (Lipinski definition) is 1. The van der Waals surface area contributed by atoms with Crippen molar-refractivity contribution < 1.29 is 18.8 Å². The molecule has 1 aromatic heterocycles. The number of carbonyl (C=O) groups is 2. The van der Waals surface area contributed by atoms with Gasteiger partial charge in [-0.3, -0.25) is 4.79 Å². The van der Waals surface area contributed by atoms with Crippen LogP contribution in [0.25, 0.3) is 0 Å². The van der Waals surface area contributed by atoms with Crippen LogP contribution in [0.1, 0.15) is 47.5 Å². The molecule has 1 saturated carbocycles. The third-order valence-electron chi connectivity index (χ3n) is 5.69. The summed E-state index contributed by atoms with van der Waals surface area (Å²) < 4.78 is 11.2. The van der Waals surface area contributed by atoms with Gasteiger partial charge in [0.2, 0.25) is 5.76 Å². The molecule has 8 nitrogen and oxygen atoms in total. The lowest BCUT2D eigenvalue weighted by Gasteiger charge is -2.34. The van der Waals surface area contributed by atoms with E-state index in [0.717, 1.165) is 24.2 Å². The number of aryl methyl sites for hydroxylation is 1. The van der Waals surface area contributed by atoms with Gasteiger partial charge in [-0.25, -0.2) is 4.79 Å². The van der Waals surface area contributed by atoms with E-state index in [1.165, 1.54) is 12.8 Å². The number of urea groups is 1. The standard InChI is InChI=1S/C22H28N4O4/c1-16-14-20(30-24-16)21(27)25-10-12-26(13-11-25)22(28)23-15-17-6-2-5-9-19(17)29-18-7-3-4-8-18/h2,5-6,9,14,18H,3-4,7-8,10-13,15H2,1H3,(H,23,28). The molecule has 0 radical (unpaired) electrons. The minimum absolute atomic E-state index is 0.131. The number of aromatic nitrogens is 1. The number of hydrogen-bond acceptors (Lipinski definition) is 5. The fourth-order valence-electron chi connectivity index (χ4n) is 3.97. The van der Waals surface area contributed by atoms with Gasteiger partial charge in [-0.2, -0.15) is 0 Å². The van der Waals surface area contributed by atoms with Crippen molar-refractivity contribution >= 4 is 11.9 Å². The van der Waals surface area contributed by atoms with Crippen LogP contribution in [0.5, 0.6) is 5.75 Å². The maximum absolute atomic E-state index is 12.6. The lowest BCUT2D eigenvalue weighted by Crippen LogP contribution is -2.53. The van der Waals surface area contributed by atoms with E-state index in [1.54, 1.807) is 22.8 Å². The van der Waals surface area contributed by atoms with Gasteiger partial charge in [-0.05, 0) is 38.7 Å². The van der Waals surface area contributed by atoms with Crippen LogP contribution in [-0.4, -0.2) is 59.2 Å². The smallest absolute Gasteiger partial charge is 0.317 e. The van der Waals surface area contributed by atoms with Crippen molar-refractivity contribution in [2.75, 3.05) is 26.2 Å². The monoisotopic (exact) mass is 412 g/mol. The number of carbonyl (C=O) groups excluding carboxylic acids is 2. The Balaban J connectivity index is 1.27. The molecule has 3 amide bonds. The fourth-order valence-corrected chi connectivity index (χ4v) is 3.97. The zero-order valence-electron chi connectivity index (χ0n) is 17.3. The number of ether oxygens (including phenoxy) is 1. The Labute approximate surface area is 176 Å².